The Kier molecular flexibility index (Phi) is 13.1. The van der Waals surface area contributed by atoms with Crippen LogP contribution in [0.3, 0.4) is 0 Å². The van der Waals surface area contributed by atoms with Crippen LogP contribution in [0.4, 0.5) is 18.9 Å². The molecule has 0 spiro atoms. The first-order valence-corrected chi connectivity index (χ1v) is 12.9. The van der Waals surface area contributed by atoms with Gasteiger partial charge in [0.25, 0.3) is 11.8 Å². The number of hydrazine groups is 1. The van der Waals surface area contributed by atoms with Crippen LogP contribution in [-0.4, -0.2) is 53.1 Å². The molecule has 45 heavy (non-hydrogen) atoms. The van der Waals surface area contributed by atoms with Crippen LogP contribution in [0.1, 0.15) is 33.2 Å². The third-order valence-corrected chi connectivity index (χ3v) is 5.55. The molecule has 7 N–H and O–H groups in total. The lowest BCUT2D eigenvalue weighted by molar-refractivity contribution is -0.192. The van der Waals surface area contributed by atoms with Gasteiger partial charge in [-0.15, -0.1) is 0 Å². The minimum absolute atomic E-state index is 0.0718. The summed E-state index contributed by atoms with van der Waals surface area (Å²) >= 11 is 0. The number of carboxylic acids is 1. The molecule has 0 radical (unpaired) electrons. The number of ether oxygens (including phenoxy) is 2. The molecule has 1 unspecified atom stereocenters. The molecule has 2 aromatic carbocycles. The SMILES string of the molecule is C=CCOc1ccc(C(Nc2ccc(C(=N)N)cc2)C(=O)NNC(=O)c2ncccc2C)cc1OCC=C.O=C(O)C(F)(F)F. The number of carboxylic acid groups (broad SMARTS) is 1. The Balaban J connectivity index is 0.000000900. The number of aromatic nitrogens is 1. The number of halogens is 3. The van der Waals surface area contributed by atoms with Gasteiger partial charge >= 0.3 is 12.1 Å². The molecular weight excluding hydrogens is 597 g/mol. The molecule has 0 aliphatic heterocycles. The molecule has 0 saturated carbocycles. The smallest absolute Gasteiger partial charge is 0.486 e. The van der Waals surface area contributed by atoms with E-state index in [1.54, 1.807) is 73.7 Å². The van der Waals surface area contributed by atoms with Crippen molar-refractivity contribution in [3.05, 3.63) is 108 Å². The summed E-state index contributed by atoms with van der Waals surface area (Å²) in [6.45, 7) is 9.58. The molecule has 238 valence electrons. The molecule has 15 heteroatoms. The standard InChI is InChI=1S/C28H30N6O4.C2HF3O2/c1-4-15-37-22-13-10-20(17-23(22)38-16-5-2)25(32-21-11-8-19(9-12-21)26(29)30)28(36)34-33-27(35)24-18(3)7-6-14-31-24;3-2(4,5)1(6)7/h4-14,17,25,32H,1-2,15-16H2,3H3,(H3,29,30)(H,33,35)(H,34,36);(H,6,7). The largest absolute Gasteiger partial charge is 0.490 e. The van der Waals surface area contributed by atoms with E-state index in [0.717, 1.165) is 0 Å². The van der Waals surface area contributed by atoms with Gasteiger partial charge in [-0.25, -0.2) is 4.79 Å². The number of benzene rings is 2. The minimum Gasteiger partial charge on any atom is -0.486 e. The van der Waals surface area contributed by atoms with Gasteiger partial charge in [0.2, 0.25) is 0 Å². The molecule has 0 bridgehead atoms. The number of amides is 2. The van der Waals surface area contributed by atoms with Gasteiger partial charge in [0.15, 0.2) is 11.5 Å². The van der Waals surface area contributed by atoms with Gasteiger partial charge in [0.05, 0.1) is 0 Å². The Labute approximate surface area is 256 Å². The fourth-order valence-corrected chi connectivity index (χ4v) is 3.42. The second kappa shape index (κ2) is 16.7. The highest BCUT2D eigenvalue weighted by atomic mass is 19.4. The van der Waals surface area contributed by atoms with Crippen LogP contribution >= 0.6 is 0 Å². The van der Waals surface area contributed by atoms with Gasteiger partial charge in [-0.1, -0.05) is 37.4 Å². The maximum absolute atomic E-state index is 13.4. The predicted octanol–water partition coefficient (Wildman–Crippen LogP) is 4.05. The van der Waals surface area contributed by atoms with Crippen molar-refractivity contribution < 1.29 is 42.1 Å². The van der Waals surface area contributed by atoms with Crippen molar-refractivity contribution in [2.45, 2.75) is 19.1 Å². The van der Waals surface area contributed by atoms with Crippen molar-refractivity contribution in [1.29, 1.82) is 5.41 Å². The molecule has 1 aromatic heterocycles. The van der Waals surface area contributed by atoms with Crippen molar-refractivity contribution in [3.63, 3.8) is 0 Å². The second-order valence-corrected chi connectivity index (χ2v) is 8.89. The Morgan fingerprint density at radius 2 is 1.62 bits per heavy atom. The lowest BCUT2D eigenvalue weighted by Crippen LogP contribution is -2.45. The molecule has 1 atom stereocenters. The van der Waals surface area contributed by atoms with Crippen LogP contribution in [0.2, 0.25) is 0 Å². The zero-order valence-electron chi connectivity index (χ0n) is 24.0. The molecule has 12 nitrogen and oxygen atoms in total. The number of rotatable bonds is 12. The van der Waals surface area contributed by atoms with Gasteiger partial charge in [0, 0.05) is 17.4 Å². The molecular formula is C30H31F3N6O6. The maximum atomic E-state index is 13.4. The lowest BCUT2D eigenvalue weighted by Gasteiger charge is -2.22. The van der Waals surface area contributed by atoms with E-state index in [1.165, 1.54) is 6.20 Å². The third kappa shape index (κ3) is 11.1. The first kappa shape index (κ1) is 35.3. The Hall–Kier alpha value is -5.86. The van der Waals surface area contributed by atoms with Crippen LogP contribution < -0.4 is 31.4 Å². The number of anilines is 1. The normalized spacial score (nSPS) is 11.0. The molecule has 3 rings (SSSR count). The number of hydrogen-bond donors (Lipinski definition) is 6. The second-order valence-electron chi connectivity index (χ2n) is 8.89. The molecule has 2 amide bonds. The number of aliphatic carboxylic acids is 1. The number of nitrogen functional groups attached to an aromatic ring is 1. The van der Waals surface area contributed by atoms with Crippen LogP contribution in [0.25, 0.3) is 0 Å². The molecule has 0 aliphatic rings. The fraction of sp³-hybridized carbons (Fsp3) is 0.167. The maximum Gasteiger partial charge on any atom is 0.490 e. The monoisotopic (exact) mass is 628 g/mol. The number of carbonyl (C=O) groups excluding carboxylic acids is 2. The number of nitrogens with one attached hydrogen (secondary N) is 4. The highest BCUT2D eigenvalue weighted by molar-refractivity contribution is 5.96. The first-order chi connectivity index (χ1) is 21.3. The van der Waals surface area contributed by atoms with Gasteiger partial charge in [0.1, 0.15) is 30.8 Å². The van der Waals surface area contributed by atoms with E-state index in [2.05, 4.69) is 34.3 Å². The zero-order chi connectivity index (χ0) is 33.6. The van der Waals surface area contributed by atoms with Gasteiger partial charge < -0.3 is 25.6 Å². The van der Waals surface area contributed by atoms with E-state index >= 15 is 0 Å². The molecule has 3 aromatic rings. The quantitative estimate of drug-likeness (QED) is 0.0744. The number of nitrogens with zero attached hydrogens (tertiary/aromatic N) is 1. The van der Waals surface area contributed by atoms with E-state index in [9.17, 15) is 22.8 Å². The first-order valence-electron chi connectivity index (χ1n) is 12.9. The summed E-state index contributed by atoms with van der Waals surface area (Å²) in [5.41, 5.74) is 13.0. The summed E-state index contributed by atoms with van der Waals surface area (Å²) in [6, 6.07) is 14.3. The van der Waals surface area contributed by atoms with Crippen molar-refractivity contribution >= 4 is 29.3 Å². The van der Waals surface area contributed by atoms with E-state index in [0.29, 0.717) is 33.9 Å². The van der Waals surface area contributed by atoms with Crippen molar-refractivity contribution in [2.75, 3.05) is 18.5 Å². The van der Waals surface area contributed by atoms with E-state index < -0.39 is 30.0 Å². The number of carbonyl (C=O) groups is 3. The van der Waals surface area contributed by atoms with E-state index in [1.807, 2.05) is 0 Å². The lowest BCUT2D eigenvalue weighted by atomic mass is 10.0. The average molecular weight is 629 g/mol. The van der Waals surface area contributed by atoms with Gasteiger partial charge in [-0.05, 0) is 60.5 Å². The summed E-state index contributed by atoms with van der Waals surface area (Å²) in [5, 5.41) is 17.9. The topological polar surface area (TPSA) is 189 Å². The van der Waals surface area contributed by atoms with Crippen LogP contribution in [0, 0.1) is 12.3 Å². The van der Waals surface area contributed by atoms with E-state index in [-0.39, 0.29) is 24.7 Å². The molecule has 0 fully saturated rings. The minimum atomic E-state index is -5.08. The summed E-state index contributed by atoms with van der Waals surface area (Å²) < 4.78 is 43.2. The van der Waals surface area contributed by atoms with Crippen molar-refractivity contribution in [3.8, 4) is 11.5 Å². The molecule has 0 saturated heterocycles. The number of amidine groups is 1. The number of nitrogens with two attached hydrogens (primary N) is 1. The van der Waals surface area contributed by atoms with Crippen LogP contribution in [0.15, 0.2) is 86.1 Å². The summed E-state index contributed by atoms with van der Waals surface area (Å²) in [5.74, 6) is -3.05. The zero-order valence-corrected chi connectivity index (χ0v) is 24.0. The van der Waals surface area contributed by atoms with Crippen LogP contribution in [0.5, 0.6) is 11.5 Å². The fourth-order valence-electron chi connectivity index (χ4n) is 3.42. The number of pyridine rings is 1. The molecule has 0 aliphatic carbocycles. The number of hydrogen-bond acceptors (Lipinski definition) is 8. The van der Waals surface area contributed by atoms with Crippen LogP contribution in [-0.2, 0) is 9.59 Å². The van der Waals surface area contributed by atoms with Gasteiger partial charge in [-0.2, -0.15) is 13.2 Å². The summed E-state index contributed by atoms with van der Waals surface area (Å²) in [4.78, 5) is 38.9. The van der Waals surface area contributed by atoms with Gasteiger partial charge in [-0.3, -0.25) is 30.8 Å². The number of aryl methyl sites for hydroxylation is 1. The van der Waals surface area contributed by atoms with Crippen molar-refractivity contribution in [2.24, 2.45) is 5.73 Å². The highest BCUT2D eigenvalue weighted by Gasteiger charge is 2.38. The van der Waals surface area contributed by atoms with Crippen molar-refractivity contribution in [1.82, 2.24) is 15.8 Å². The molecule has 1 heterocycles. The summed E-state index contributed by atoms with van der Waals surface area (Å²) in [7, 11) is 0. The Morgan fingerprint density at radius 3 is 2.16 bits per heavy atom. The Bertz CT molecular complexity index is 1530. The summed E-state index contributed by atoms with van der Waals surface area (Å²) in [6.07, 6.45) is -0.378. The number of alkyl halides is 3. The third-order valence-electron chi connectivity index (χ3n) is 5.55. The predicted molar refractivity (Wildman–Crippen MR) is 160 cm³/mol. The Morgan fingerprint density at radius 1 is 1.02 bits per heavy atom. The average Bonchev–Trinajstić information content (AvgIpc) is 3.00. The van der Waals surface area contributed by atoms with E-state index in [4.69, 9.17) is 30.5 Å². The highest BCUT2D eigenvalue weighted by Crippen LogP contribution is 2.32.